The first kappa shape index (κ1) is 21.6. The number of carbonyl (C=O) groups is 1. The second-order valence-corrected chi connectivity index (χ2v) is 9.89. The number of H-pyrrole nitrogens is 1. The van der Waals surface area contributed by atoms with E-state index in [0.717, 1.165) is 22.4 Å². The number of nitrogens with one attached hydrogen (secondary N) is 2. The Hall–Kier alpha value is -4.23. The maximum absolute atomic E-state index is 12.7. The number of hydrogen-bond acceptors (Lipinski definition) is 4. The third kappa shape index (κ3) is 4.60. The lowest BCUT2D eigenvalue weighted by Gasteiger charge is -2.08. The minimum atomic E-state index is -3.44. The summed E-state index contributed by atoms with van der Waals surface area (Å²) in [6, 6.07) is 30.2. The van der Waals surface area contributed by atoms with E-state index < -0.39 is 9.84 Å². The van der Waals surface area contributed by atoms with Crippen LogP contribution in [0, 0.1) is 0 Å². The summed E-state index contributed by atoms with van der Waals surface area (Å²) >= 11 is 0. The van der Waals surface area contributed by atoms with Gasteiger partial charge in [0.25, 0.3) is 5.91 Å². The molecule has 6 nitrogen and oxygen atoms in total. The number of benzene rings is 4. The quantitative estimate of drug-likeness (QED) is 0.347. The highest BCUT2D eigenvalue weighted by Gasteiger charge is 2.15. The molecular formula is C27H21N3O3S. The normalized spacial score (nSPS) is 11.4. The molecule has 34 heavy (non-hydrogen) atoms. The van der Waals surface area contributed by atoms with Crippen molar-refractivity contribution in [1.82, 2.24) is 9.97 Å². The lowest BCUT2D eigenvalue weighted by Crippen LogP contribution is -2.12. The van der Waals surface area contributed by atoms with Gasteiger partial charge in [-0.05, 0) is 66.2 Å². The van der Waals surface area contributed by atoms with Crippen molar-refractivity contribution in [2.45, 2.75) is 10.6 Å². The van der Waals surface area contributed by atoms with E-state index in [1.54, 1.807) is 54.6 Å². The molecule has 2 N–H and O–H groups in total. The molecule has 0 unspecified atom stereocenters. The molecule has 5 rings (SSSR count). The Morgan fingerprint density at radius 3 is 2.18 bits per heavy atom. The molecule has 0 saturated heterocycles. The van der Waals surface area contributed by atoms with Gasteiger partial charge in [0.2, 0.25) is 0 Å². The molecule has 0 saturated carbocycles. The molecule has 0 aliphatic heterocycles. The molecule has 168 valence electrons. The van der Waals surface area contributed by atoms with Crippen molar-refractivity contribution in [2.24, 2.45) is 0 Å². The van der Waals surface area contributed by atoms with E-state index >= 15 is 0 Å². The summed E-state index contributed by atoms with van der Waals surface area (Å²) in [6.07, 6.45) is 0. The molecule has 0 atom stereocenters. The van der Waals surface area contributed by atoms with Crippen LogP contribution in [0.2, 0.25) is 0 Å². The molecule has 5 aromatic rings. The first-order valence-corrected chi connectivity index (χ1v) is 12.4. The number of para-hydroxylation sites is 2. The van der Waals surface area contributed by atoms with Crippen LogP contribution in [-0.2, 0) is 15.6 Å². The maximum Gasteiger partial charge on any atom is 0.255 e. The van der Waals surface area contributed by atoms with E-state index in [1.165, 1.54) is 0 Å². The number of fused-ring (bicyclic) bond motifs is 1. The zero-order chi connectivity index (χ0) is 23.5. The largest absolute Gasteiger partial charge is 0.338 e. The Morgan fingerprint density at radius 1 is 0.794 bits per heavy atom. The highest BCUT2D eigenvalue weighted by molar-refractivity contribution is 7.90. The van der Waals surface area contributed by atoms with E-state index in [9.17, 15) is 13.2 Å². The third-order valence-electron chi connectivity index (χ3n) is 5.48. The van der Waals surface area contributed by atoms with Crippen molar-refractivity contribution in [3.05, 3.63) is 114 Å². The number of aromatic nitrogens is 2. The monoisotopic (exact) mass is 467 g/mol. The van der Waals surface area contributed by atoms with Crippen LogP contribution < -0.4 is 5.32 Å². The predicted molar refractivity (Wildman–Crippen MR) is 133 cm³/mol. The zero-order valence-corrected chi connectivity index (χ0v) is 18.9. The number of anilines is 1. The van der Waals surface area contributed by atoms with Crippen LogP contribution in [0.15, 0.2) is 108 Å². The van der Waals surface area contributed by atoms with Gasteiger partial charge in [0.1, 0.15) is 5.82 Å². The van der Waals surface area contributed by atoms with Gasteiger partial charge in [-0.25, -0.2) is 13.4 Å². The minimum absolute atomic E-state index is 0.123. The molecular weight excluding hydrogens is 446 g/mol. The summed E-state index contributed by atoms with van der Waals surface area (Å²) in [6.45, 7) is 0. The predicted octanol–water partition coefficient (Wildman–Crippen LogP) is 5.46. The highest BCUT2D eigenvalue weighted by atomic mass is 32.2. The second kappa shape index (κ2) is 8.96. The number of nitrogens with zero attached hydrogens (tertiary/aromatic N) is 1. The Bertz CT molecular complexity index is 1520. The summed E-state index contributed by atoms with van der Waals surface area (Å²) in [5.74, 6) is 0.372. The van der Waals surface area contributed by atoms with Crippen LogP contribution >= 0.6 is 0 Å². The van der Waals surface area contributed by atoms with Crippen LogP contribution in [0.5, 0.6) is 0 Å². The second-order valence-electron chi connectivity index (χ2n) is 7.90. The zero-order valence-electron chi connectivity index (χ0n) is 18.1. The molecule has 0 spiro atoms. The fourth-order valence-corrected chi connectivity index (χ4v) is 5.06. The number of carbonyl (C=O) groups excluding carboxylic acids is 1. The molecule has 1 heterocycles. The van der Waals surface area contributed by atoms with E-state index in [4.69, 9.17) is 0 Å². The number of sulfone groups is 1. The fraction of sp³-hybridized carbons (Fsp3) is 0.0370. The molecule has 7 heteroatoms. The van der Waals surface area contributed by atoms with E-state index in [-0.39, 0.29) is 16.6 Å². The van der Waals surface area contributed by atoms with Gasteiger partial charge in [0.15, 0.2) is 9.84 Å². The van der Waals surface area contributed by atoms with E-state index in [2.05, 4.69) is 15.3 Å². The number of rotatable bonds is 6. The van der Waals surface area contributed by atoms with Gasteiger partial charge in [-0.1, -0.05) is 42.5 Å². The Balaban J connectivity index is 1.25. The molecule has 0 aliphatic rings. The highest BCUT2D eigenvalue weighted by Crippen LogP contribution is 2.22. The molecule has 1 aromatic heterocycles. The summed E-state index contributed by atoms with van der Waals surface area (Å²) in [7, 11) is -3.44. The molecule has 0 fully saturated rings. The average molecular weight is 468 g/mol. The average Bonchev–Trinajstić information content (AvgIpc) is 3.30. The van der Waals surface area contributed by atoms with Crippen molar-refractivity contribution in [2.75, 3.05) is 5.32 Å². The van der Waals surface area contributed by atoms with Gasteiger partial charge >= 0.3 is 0 Å². The first-order chi connectivity index (χ1) is 16.5. The van der Waals surface area contributed by atoms with Crippen LogP contribution in [0.4, 0.5) is 5.69 Å². The number of aromatic amines is 1. The van der Waals surface area contributed by atoms with E-state index in [0.29, 0.717) is 16.8 Å². The first-order valence-electron chi connectivity index (χ1n) is 10.7. The number of hydrogen-bond donors (Lipinski definition) is 2. The fourth-order valence-electron chi connectivity index (χ4n) is 3.69. The summed E-state index contributed by atoms with van der Waals surface area (Å²) < 4.78 is 25.1. The Kier molecular flexibility index (Phi) is 5.69. The topological polar surface area (TPSA) is 91.9 Å². The van der Waals surface area contributed by atoms with Crippen molar-refractivity contribution < 1.29 is 13.2 Å². The van der Waals surface area contributed by atoms with Crippen molar-refractivity contribution in [1.29, 1.82) is 0 Å². The van der Waals surface area contributed by atoms with Crippen LogP contribution in [0.3, 0.4) is 0 Å². The lowest BCUT2D eigenvalue weighted by molar-refractivity contribution is 0.102. The molecule has 0 radical (unpaired) electrons. The number of imidazole rings is 1. The standard InChI is InChI=1S/C27H21N3O3S/c31-27(21-12-10-19(11-13-21)18-34(32,33)23-6-2-1-3-7-23)28-22-16-14-20(15-17-22)26-29-24-8-4-5-9-25(24)30-26/h1-17H,18H2,(H,28,31)(H,29,30). The molecule has 1 amide bonds. The third-order valence-corrected chi connectivity index (χ3v) is 7.18. The summed E-state index contributed by atoms with van der Waals surface area (Å²) in [5, 5.41) is 2.87. The van der Waals surface area contributed by atoms with Gasteiger partial charge in [0, 0.05) is 16.8 Å². The molecule has 0 aliphatic carbocycles. The van der Waals surface area contributed by atoms with Gasteiger partial charge in [-0.2, -0.15) is 0 Å². The van der Waals surface area contributed by atoms with Crippen LogP contribution in [0.25, 0.3) is 22.4 Å². The van der Waals surface area contributed by atoms with Gasteiger partial charge in [-0.3, -0.25) is 4.79 Å². The lowest BCUT2D eigenvalue weighted by atomic mass is 10.1. The summed E-state index contributed by atoms with van der Waals surface area (Å²) in [5.41, 5.74) is 4.50. The van der Waals surface area contributed by atoms with Gasteiger partial charge < -0.3 is 10.3 Å². The summed E-state index contributed by atoms with van der Waals surface area (Å²) in [4.78, 5) is 20.8. The maximum atomic E-state index is 12.7. The van der Waals surface area contributed by atoms with Crippen LogP contribution in [0.1, 0.15) is 15.9 Å². The Morgan fingerprint density at radius 2 is 1.47 bits per heavy atom. The van der Waals surface area contributed by atoms with E-state index in [1.807, 2.05) is 48.5 Å². The number of amides is 1. The molecule has 0 bridgehead atoms. The van der Waals surface area contributed by atoms with Crippen molar-refractivity contribution in [3.8, 4) is 11.4 Å². The van der Waals surface area contributed by atoms with Gasteiger partial charge in [0.05, 0.1) is 21.7 Å². The molecule has 4 aromatic carbocycles. The Labute approximate surface area is 197 Å². The van der Waals surface area contributed by atoms with Crippen molar-refractivity contribution in [3.63, 3.8) is 0 Å². The van der Waals surface area contributed by atoms with Gasteiger partial charge in [-0.15, -0.1) is 0 Å². The van der Waals surface area contributed by atoms with Crippen molar-refractivity contribution >= 4 is 32.5 Å². The SMILES string of the molecule is O=C(Nc1ccc(-c2nc3ccccc3[nH]2)cc1)c1ccc(CS(=O)(=O)c2ccccc2)cc1. The van der Waals surface area contributed by atoms with Crippen LogP contribution in [-0.4, -0.2) is 24.3 Å². The minimum Gasteiger partial charge on any atom is -0.338 e. The smallest absolute Gasteiger partial charge is 0.255 e.